The molecule has 0 bridgehead atoms. The van der Waals surface area contributed by atoms with Gasteiger partial charge in [-0.25, -0.2) is 0 Å². The third-order valence-electron chi connectivity index (χ3n) is 4.48. The van der Waals surface area contributed by atoms with E-state index < -0.39 is 18.0 Å². The lowest BCUT2D eigenvalue weighted by Crippen LogP contribution is -2.49. The van der Waals surface area contributed by atoms with Gasteiger partial charge in [0.05, 0.1) is 0 Å². The molecule has 18 heavy (non-hydrogen) atoms. The van der Waals surface area contributed by atoms with Crippen LogP contribution in [0.15, 0.2) is 0 Å². The van der Waals surface area contributed by atoms with E-state index in [2.05, 4.69) is 5.32 Å². The van der Waals surface area contributed by atoms with Crippen LogP contribution in [0.2, 0.25) is 0 Å². The highest BCUT2D eigenvalue weighted by atomic mass is 16.4. The first-order chi connectivity index (χ1) is 8.56. The molecule has 2 fully saturated rings. The molecule has 1 saturated heterocycles. The number of hydrogen-bond acceptors (Lipinski definition) is 3. The second-order valence-corrected chi connectivity index (χ2v) is 5.67. The highest BCUT2D eigenvalue weighted by Gasteiger charge is 2.37. The Kier molecular flexibility index (Phi) is 4.22. The average molecular weight is 255 g/mol. The third-order valence-corrected chi connectivity index (χ3v) is 4.48. The van der Waals surface area contributed by atoms with E-state index in [4.69, 9.17) is 10.2 Å². The maximum absolute atomic E-state index is 11.0. The largest absolute Gasteiger partial charge is 0.481 e. The van der Waals surface area contributed by atoms with E-state index in [9.17, 15) is 9.59 Å². The van der Waals surface area contributed by atoms with Gasteiger partial charge in [-0.3, -0.25) is 9.59 Å². The van der Waals surface area contributed by atoms with Gasteiger partial charge in [0.2, 0.25) is 0 Å². The first-order valence-electron chi connectivity index (χ1n) is 6.74. The molecule has 0 aromatic heterocycles. The number of carboxylic acid groups (broad SMARTS) is 2. The summed E-state index contributed by atoms with van der Waals surface area (Å²) in [5.74, 6) is 0.0171. The zero-order chi connectivity index (χ0) is 13.1. The number of nitrogens with one attached hydrogen (secondary N) is 1. The minimum absolute atomic E-state index is 0.239. The van der Waals surface area contributed by atoms with Gasteiger partial charge in [-0.05, 0) is 50.0 Å². The van der Waals surface area contributed by atoms with Crippen molar-refractivity contribution in [3.63, 3.8) is 0 Å². The number of piperidine rings is 1. The minimum atomic E-state index is -0.763. The minimum Gasteiger partial charge on any atom is -0.481 e. The molecular formula is C13H21NO4. The predicted molar refractivity (Wildman–Crippen MR) is 65.2 cm³/mol. The second-order valence-electron chi connectivity index (χ2n) is 5.67. The van der Waals surface area contributed by atoms with Crippen LogP contribution in [0.1, 0.15) is 38.5 Å². The van der Waals surface area contributed by atoms with Crippen LogP contribution in [0, 0.1) is 17.8 Å². The molecule has 1 heterocycles. The quantitative estimate of drug-likeness (QED) is 0.705. The molecule has 0 aromatic carbocycles. The van der Waals surface area contributed by atoms with E-state index >= 15 is 0 Å². The molecule has 1 saturated carbocycles. The van der Waals surface area contributed by atoms with Gasteiger partial charge in [0.15, 0.2) is 0 Å². The fourth-order valence-electron chi connectivity index (χ4n) is 3.44. The molecule has 1 aliphatic heterocycles. The molecular weight excluding hydrogens is 234 g/mol. The van der Waals surface area contributed by atoms with Gasteiger partial charge >= 0.3 is 11.9 Å². The molecule has 0 unspecified atom stereocenters. The second kappa shape index (κ2) is 5.69. The van der Waals surface area contributed by atoms with Crippen molar-refractivity contribution in [2.45, 2.75) is 44.6 Å². The van der Waals surface area contributed by atoms with Crippen LogP contribution in [0.25, 0.3) is 0 Å². The van der Waals surface area contributed by atoms with Crippen molar-refractivity contribution < 1.29 is 19.8 Å². The molecule has 1 aliphatic carbocycles. The molecule has 2 rings (SSSR count). The normalized spacial score (nSPS) is 35.8. The van der Waals surface area contributed by atoms with E-state index in [1.54, 1.807) is 0 Å². The van der Waals surface area contributed by atoms with E-state index in [1.807, 2.05) is 0 Å². The lowest BCUT2D eigenvalue weighted by molar-refractivity contribution is -0.141. The number of carboxylic acids is 2. The molecule has 5 nitrogen and oxygen atoms in total. The molecule has 0 radical (unpaired) electrons. The smallest absolute Gasteiger partial charge is 0.320 e. The Labute approximate surface area is 107 Å². The first-order valence-corrected chi connectivity index (χ1v) is 6.74. The van der Waals surface area contributed by atoms with Crippen LogP contribution < -0.4 is 5.32 Å². The van der Waals surface area contributed by atoms with Crippen molar-refractivity contribution in [3.8, 4) is 0 Å². The van der Waals surface area contributed by atoms with Crippen LogP contribution in [0.3, 0.4) is 0 Å². The maximum Gasteiger partial charge on any atom is 0.320 e. The van der Waals surface area contributed by atoms with Gasteiger partial charge in [0, 0.05) is 6.42 Å². The first kappa shape index (κ1) is 13.3. The van der Waals surface area contributed by atoms with E-state index in [-0.39, 0.29) is 6.42 Å². The predicted octanol–water partition coefficient (Wildman–Crippen LogP) is 1.33. The van der Waals surface area contributed by atoms with Gasteiger partial charge in [-0.15, -0.1) is 0 Å². The van der Waals surface area contributed by atoms with Crippen molar-refractivity contribution in [1.82, 2.24) is 5.32 Å². The highest BCUT2D eigenvalue weighted by molar-refractivity contribution is 5.73. The summed E-state index contributed by atoms with van der Waals surface area (Å²) in [4.78, 5) is 21.6. The fourth-order valence-corrected chi connectivity index (χ4v) is 3.44. The molecule has 0 amide bonds. The fraction of sp³-hybridized carbons (Fsp3) is 0.846. The van der Waals surface area contributed by atoms with Gasteiger partial charge < -0.3 is 15.5 Å². The Morgan fingerprint density at radius 2 is 1.89 bits per heavy atom. The van der Waals surface area contributed by atoms with Crippen molar-refractivity contribution in [1.29, 1.82) is 0 Å². The van der Waals surface area contributed by atoms with Crippen LogP contribution >= 0.6 is 0 Å². The molecule has 2 aliphatic rings. The van der Waals surface area contributed by atoms with Gasteiger partial charge in [0.25, 0.3) is 0 Å². The van der Waals surface area contributed by atoms with E-state index in [1.165, 1.54) is 0 Å². The van der Waals surface area contributed by atoms with Crippen molar-refractivity contribution in [2.75, 3.05) is 6.54 Å². The Morgan fingerprint density at radius 3 is 2.56 bits per heavy atom. The zero-order valence-corrected chi connectivity index (χ0v) is 10.5. The summed E-state index contributed by atoms with van der Waals surface area (Å²) >= 11 is 0. The van der Waals surface area contributed by atoms with Gasteiger partial charge in [-0.1, -0.05) is 6.42 Å². The molecule has 0 spiro atoms. The summed E-state index contributed by atoms with van der Waals surface area (Å²) in [6, 6.07) is -0.413. The standard InChI is InChI=1S/C13H21NO4/c15-12(16)4-2-8-1-3-9-7-14-11(13(17)18)6-10(9)5-8/h8-11,14H,1-7H2,(H,15,16)(H,17,18)/t8-,9+,10-,11+/m0/s1. The molecule has 5 heteroatoms. The van der Waals surface area contributed by atoms with Gasteiger partial charge in [-0.2, -0.15) is 0 Å². The number of hydrogen-bond donors (Lipinski definition) is 3. The summed E-state index contributed by atoms with van der Waals surface area (Å²) in [7, 11) is 0. The van der Waals surface area contributed by atoms with Gasteiger partial charge in [0.1, 0.15) is 6.04 Å². The zero-order valence-electron chi connectivity index (χ0n) is 10.5. The summed E-state index contributed by atoms with van der Waals surface area (Å²) in [5.41, 5.74) is 0. The number of fused-ring (bicyclic) bond motifs is 1. The van der Waals surface area contributed by atoms with E-state index in [0.717, 1.165) is 32.2 Å². The summed E-state index contributed by atoms with van der Waals surface area (Å²) in [5, 5.41) is 20.8. The van der Waals surface area contributed by atoms with Crippen molar-refractivity contribution in [2.24, 2.45) is 17.8 Å². The average Bonchev–Trinajstić information content (AvgIpc) is 2.35. The Morgan fingerprint density at radius 1 is 1.11 bits per heavy atom. The van der Waals surface area contributed by atoms with E-state index in [0.29, 0.717) is 24.2 Å². The van der Waals surface area contributed by atoms with Crippen molar-refractivity contribution >= 4 is 11.9 Å². The summed E-state index contributed by atoms with van der Waals surface area (Å²) < 4.78 is 0. The Balaban J connectivity index is 1.85. The Hall–Kier alpha value is -1.10. The third kappa shape index (κ3) is 3.22. The van der Waals surface area contributed by atoms with Crippen LogP contribution in [0.5, 0.6) is 0 Å². The molecule has 102 valence electrons. The van der Waals surface area contributed by atoms with Crippen LogP contribution in [-0.2, 0) is 9.59 Å². The Bertz CT molecular complexity index is 331. The number of aliphatic carboxylic acids is 2. The number of carbonyl (C=O) groups is 2. The lowest BCUT2D eigenvalue weighted by atomic mass is 9.69. The maximum atomic E-state index is 11.0. The van der Waals surface area contributed by atoms with Crippen LogP contribution in [0.4, 0.5) is 0 Å². The molecule has 3 N–H and O–H groups in total. The topological polar surface area (TPSA) is 86.6 Å². The van der Waals surface area contributed by atoms with Crippen molar-refractivity contribution in [3.05, 3.63) is 0 Å². The number of rotatable bonds is 4. The highest BCUT2D eigenvalue weighted by Crippen LogP contribution is 2.40. The summed E-state index contributed by atoms with van der Waals surface area (Å²) in [6.45, 7) is 0.799. The monoisotopic (exact) mass is 255 g/mol. The molecule has 4 atom stereocenters. The summed E-state index contributed by atoms with van der Waals surface area (Å²) in [6.07, 6.45) is 4.88. The lowest BCUT2D eigenvalue weighted by Gasteiger charge is -2.41. The SMILES string of the molecule is O=C(O)CC[C@@H]1CC[C@@H]2CN[C@@H](C(=O)O)C[C@@H]2C1. The van der Waals surface area contributed by atoms with Crippen LogP contribution in [-0.4, -0.2) is 34.7 Å². The molecule has 0 aromatic rings.